The largest absolute Gasteiger partial charge is 0.507 e. The van der Waals surface area contributed by atoms with Gasteiger partial charge in [-0.15, -0.1) is 0 Å². The van der Waals surface area contributed by atoms with Gasteiger partial charge in [-0.3, -0.25) is 9.59 Å². The number of nitrogens with zero attached hydrogens (tertiary/aromatic N) is 1. The summed E-state index contributed by atoms with van der Waals surface area (Å²) in [5.74, 6) is -1.37. The Labute approximate surface area is 187 Å². The maximum Gasteiger partial charge on any atom is 0.295 e. The van der Waals surface area contributed by atoms with E-state index in [-0.39, 0.29) is 11.3 Å². The average molecular weight is 442 g/mol. The fourth-order valence-electron chi connectivity index (χ4n) is 3.77. The number of halogens is 1. The number of quaternary nitrogens is 1. The van der Waals surface area contributed by atoms with Gasteiger partial charge in [0, 0.05) is 5.56 Å². The van der Waals surface area contributed by atoms with Gasteiger partial charge in [-0.25, -0.2) is 4.39 Å². The number of likely N-dealkylation sites (N-methyl/N-ethyl adjacent to an activating group) is 1. The molecule has 1 heterocycles. The summed E-state index contributed by atoms with van der Waals surface area (Å²) >= 11 is 0. The highest BCUT2D eigenvalue weighted by Crippen LogP contribution is 2.39. The molecule has 2 N–H and O–H groups in total. The van der Waals surface area contributed by atoms with Crippen molar-refractivity contribution in [2.24, 2.45) is 0 Å². The van der Waals surface area contributed by atoms with E-state index >= 15 is 0 Å². The first-order valence-electron chi connectivity index (χ1n) is 10.8. The standard InChI is InChI=1S/C25H29FN2O4/c1-5-14-32-20-11-8-18(15-16(20)2)23(29)21-22(17-6-9-19(26)10-7-17)28(13-12-27(3)4)25(31)24(21)30/h6-11,15,22,29H,5,12-14H2,1-4H3/p+1/t22-/m1/s1. The number of amides is 1. The Hall–Kier alpha value is -3.19. The molecule has 170 valence electrons. The Morgan fingerprint density at radius 1 is 1.16 bits per heavy atom. The Balaban J connectivity index is 2.09. The molecule has 7 heteroatoms. The lowest BCUT2D eigenvalue weighted by molar-refractivity contribution is -0.857. The van der Waals surface area contributed by atoms with Crippen molar-refractivity contribution >= 4 is 17.4 Å². The number of ether oxygens (including phenoxy) is 1. The molecule has 0 spiro atoms. The van der Waals surface area contributed by atoms with E-state index in [1.54, 1.807) is 30.3 Å². The van der Waals surface area contributed by atoms with Crippen LogP contribution < -0.4 is 9.64 Å². The molecular formula is C25H30FN2O4+. The molecule has 0 aromatic heterocycles. The second-order valence-corrected chi connectivity index (χ2v) is 8.33. The molecule has 0 saturated carbocycles. The summed E-state index contributed by atoms with van der Waals surface area (Å²) in [6.07, 6.45) is 0.872. The van der Waals surface area contributed by atoms with Crippen LogP contribution >= 0.6 is 0 Å². The van der Waals surface area contributed by atoms with E-state index in [0.29, 0.717) is 36.6 Å². The van der Waals surface area contributed by atoms with Gasteiger partial charge in [0.05, 0.1) is 45.4 Å². The predicted octanol–water partition coefficient (Wildman–Crippen LogP) is 2.49. The molecule has 0 bridgehead atoms. The van der Waals surface area contributed by atoms with Crippen LogP contribution in [0, 0.1) is 12.7 Å². The van der Waals surface area contributed by atoms with Crippen LogP contribution in [-0.4, -0.2) is 55.5 Å². The Morgan fingerprint density at radius 3 is 2.44 bits per heavy atom. The highest BCUT2D eigenvalue weighted by atomic mass is 19.1. The zero-order valence-electron chi connectivity index (χ0n) is 18.9. The fourth-order valence-corrected chi connectivity index (χ4v) is 3.77. The van der Waals surface area contributed by atoms with E-state index in [1.165, 1.54) is 17.0 Å². The molecule has 2 aromatic rings. The number of carbonyl (C=O) groups is 2. The molecule has 0 aliphatic carbocycles. The Bertz CT molecular complexity index is 1030. The summed E-state index contributed by atoms with van der Waals surface area (Å²) in [7, 11) is 3.91. The van der Waals surface area contributed by atoms with E-state index in [4.69, 9.17) is 4.74 Å². The Kier molecular flexibility index (Phi) is 7.30. The maximum atomic E-state index is 13.5. The minimum absolute atomic E-state index is 0.0111. The van der Waals surface area contributed by atoms with Gasteiger partial charge in [0.25, 0.3) is 11.7 Å². The molecule has 1 amide bonds. The number of nitrogens with one attached hydrogen (secondary N) is 1. The van der Waals surface area contributed by atoms with Gasteiger partial charge in [0.1, 0.15) is 17.3 Å². The quantitative estimate of drug-likeness (QED) is 0.375. The SMILES string of the molecule is CCCOc1ccc(C(O)=C2C(=O)C(=O)N(CC[NH+](C)C)[C@@H]2c2ccc(F)cc2)cc1C. The first-order valence-corrected chi connectivity index (χ1v) is 10.8. The third kappa shape index (κ3) is 4.83. The minimum Gasteiger partial charge on any atom is -0.507 e. The van der Waals surface area contributed by atoms with Gasteiger partial charge in [0.2, 0.25) is 0 Å². The maximum absolute atomic E-state index is 13.5. The molecular weight excluding hydrogens is 411 g/mol. The number of hydrogen-bond donors (Lipinski definition) is 2. The second kappa shape index (κ2) is 9.96. The summed E-state index contributed by atoms with van der Waals surface area (Å²) in [4.78, 5) is 28.5. The number of rotatable bonds is 8. The van der Waals surface area contributed by atoms with E-state index in [2.05, 4.69) is 0 Å². The molecule has 32 heavy (non-hydrogen) atoms. The summed E-state index contributed by atoms with van der Waals surface area (Å²) in [5.41, 5.74) is 1.82. The molecule has 1 fully saturated rings. The summed E-state index contributed by atoms with van der Waals surface area (Å²) < 4.78 is 19.2. The monoisotopic (exact) mass is 441 g/mol. The van der Waals surface area contributed by atoms with Gasteiger partial charge in [-0.05, 0) is 54.8 Å². The zero-order chi connectivity index (χ0) is 23.4. The molecule has 1 saturated heterocycles. The lowest BCUT2D eigenvalue weighted by atomic mass is 9.94. The number of hydrogen-bond acceptors (Lipinski definition) is 4. The van der Waals surface area contributed by atoms with E-state index in [1.807, 2.05) is 27.9 Å². The molecule has 1 atom stereocenters. The van der Waals surface area contributed by atoms with Gasteiger partial charge >= 0.3 is 0 Å². The lowest BCUT2D eigenvalue weighted by Crippen LogP contribution is -3.06. The van der Waals surface area contributed by atoms with Crippen molar-refractivity contribution in [3.05, 3.63) is 70.5 Å². The van der Waals surface area contributed by atoms with Crippen molar-refractivity contribution in [2.45, 2.75) is 26.3 Å². The van der Waals surface area contributed by atoms with Crippen LogP contribution in [0.5, 0.6) is 5.75 Å². The van der Waals surface area contributed by atoms with Crippen LogP contribution in [0.4, 0.5) is 4.39 Å². The summed E-state index contributed by atoms with van der Waals surface area (Å²) in [6.45, 7) is 5.40. The molecule has 1 aliphatic heterocycles. The first kappa shape index (κ1) is 23.5. The molecule has 3 rings (SSSR count). The van der Waals surface area contributed by atoms with Crippen LogP contribution in [0.15, 0.2) is 48.0 Å². The smallest absolute Gasteiger partial charge is 0.295 e. The van der Waals surface area contributed by atoms with Crippen LogP contribution in [-0.2, 0) is 9.59 Å². The zero-order valence-corrected chi connectivity index (χ0v) is 18.9. The molecule has 2 aromatic carbocycles. The highest BCUT2D eigenvalue weighted by Gasteiger charge is 2.46. The van der Waals surface area contributed by atoms with Crippen molar-refractivity contribution in [1.29, 1.82) is 0 Å². The summed E-state index contributed by atoms with van der Waals surface area (Å²) in [5, 5.41) is 11.1. The van der Waals surface area contributed by atoms with Crippen LogP contribution in [0.1, 0.15) is 36.1 Å². The molecule has 1 aliphatic rings. The minimum atomic E-state index is -0.786. The number of aliphatic hydroxyl groups is 1. The van der Waals surface area contributed by atoms with E-state index in [9.17, 15) is 19.1 Å². The van der Waals surface area contributed by atoms with Crippen LogP contribution in [0.3, 0.4) is 0 Å². The number of carbonyl (C=O) groups excluding carboxylic acids is 2. The van der Waals surface area contributed by atoms with Crippen molar-refractivity contribution in [3.63, 3.8) is 0 Å². The second-order valence-electron chi connectivity index (χ2n) is 8.33. The molecule has 0 radical (unpaired) electrons. The topological polar surface area (TPSA) is 71.3 Å². The molecule has 0 unspecified atom stereocenters. The van der Waals surface area contributed by atoms with Crippen molar-refractivity contribution in [2.75, 3.05) is 33.8 Å². The Morgan fingerprint density at radius 2 is 1.84 bits per heavy atom. The summed E-state index contributed by atoms with van der Waals surface area (Å²) in [6, 6.07) is 10.0. The number of benzene rings is 2. The van der Waals surface area contributed by atoms with Crippen LogP contribution in [0.25, 0.3) is 5.76 Å². The van der Waals surface area contributed by atoms with Crippen molar-refractivity contribution < 1.29 is 28.7 Å². The van der Waals surface area contributed by atoms with E-state index in [0.717, 1.165) is 16.9 Å². The van der Waals surface area contributed by atoms with Gasteiger partial charge in [0.15, 0.2) is 0 Å². The third-order valence-electron chi connectivity index (χ3n) is 5.49. The third-order valence-corrected chi connectivity index (χ3v) is 5.49. The van der Waals surface area contributed by atoms with Crippen molar-refractivity contribution in [3.8, 4) is 5.75 Å². The van der Waals surface area contributed by atoms with E-state index < -0.39 is 23.5 Å². The molecule has 6 nitrogen and oxygen atoms in total. The highest BCUT2D eigenvalue weighted by molar-refractivity contribution is 6.46. The lowest BCUT2D eigenvalue weighted by Gasteiger charge is -2.25. The van der Waals surface area contributed by atoms with Gasteiger partial charge in [-0.1, -0.05) is 19.1 Å². The predicted molar refractivity (Wildman–Crippen MR) is 120 cm³/mol. The first-order chi connectivity index (χ1) is 15.2. The number of likely N-dealkylation sites (tertiary alicyclic amines) is 1. The number of aryl methyl sites for hydroxylation is 1. The number of aliphatic hydroxyl groups excluding tert-OH is 1. The number of ketones is 1. The normalized spacial score (nSPS) is 17.9. The van der Waals surface area contributed by atoms with Gasteiger partial charge < -0.3 is 19.6 Å². The van der Waals surface area contributed by atoms with Crippen molar-refractivity contribution in [1.82, 2.24) is 4.90 Å². The fraction of sp³-hybridized carbons (Fsp3) is 0.360. The average Bonchev–Trinajstić information content (AvgIpc) is 3.01. The van der Waals surface area contributed by atoms with Gasteiger partial charge in [-0.2, -0.15) is 0 Å². The number of Topliss-reactive ketones (excluding diaryl/α,β-unsaturated/α-hetero) is 1. The van der Waals surface area contributed by atoms with Crippen LogP contribution in [0.2, 0.25) is 0 Å².